The molecule has 0 aromatic carbocycles. The molecule has 1 aliphatic carbocycles. The van der Waals surface area contributed by atoms with Gasteiger partial charge in [-0.1, -0.05) is 6.92 Å². The molecule has 6 heteroatoms. The fourth-order valence-corrected chi connectivity index (χ4v) is 2.06. The molecule has 1 fully saturated rings. The Morgan fingerprint density at radius 2 is 2.16 bits per heavy atom. The zero-order valence-corrected chi connectivity index (χ0v) is 11.0. The second-order valence-electron chi connectivity index (χ2n) is 4.95. The Morgan fingerprint density at radius 1 is 1.42 bits per heavy atom. The molecule has 0 radical (unpaired) electrons. The van der Waals surface area contributed by atoms with Gasteiger partial charge in [0.1, 0.15) is 5.76 Å². The second kappa shape index (κ2) is 5.96. The summed E-state index contributed by atoms with van der Waals surface area (Å²) in [7, 11) is 0. The Hall–Kier alpha value is -1.01. The summed E-state index contributed by atoms with van der Waals surface area (Å²) in [5.74, 6) is 0.601. The van der Waals surface area contributed by atoms with Gasteiger partial charge < -0.3 is 9.73 Å². The Morgan fingerprint density at radius 3 is 2.74 bits per heavy atom. The minimum atomic E-state index is -4.15. The Labute approximate surface area is 110 Å². The molecule has 1 N–H and O–H groups in total. The normalized spacial score (nSPS) is 16.3. The molecule has 1 aromatic rings. The molecule has 2 rings (SSSR count). The van der Waals surface area contributed by atoms with E-state index >= 15 is 0 Å². The fraction of sp³-hybridized carbons (Fsp3) is 0.692. The van der Waals surface area contributed by atoms with Crippen molar-refractivity contribution in [1.82, 2.24) is 10.2 Å². The van der Waals surface area contributed by atoms with Crippen LogP contribution in [0, 0.1) is 0 Å². The van der Waals surface area contributed by atoms with E-state index in [4.69, 9.17) is 4.42 Å². The quantitative estimate of drug-likeness (QED) is 0.830. The lowest BCUT2D eigenvalue weighted by molar-refractivity contribution is -0.148. The van der Waals surface area contributed by atoms with E-state index in [1.165, 1.54) is 4.90 Å². The van der Waals surface area contributed by atoms with Crippen molar-refractivity contribution in [3.8, 4) is 0 Å². The summed E-state index contributed by atoms with van der Waals surface area (Å²) in [4.78, 5) is 1.45. The standard InChI is InChI=1S/C13H19F3N2O/c1-2-17-6-10-5-12(19-8-10)7-18(11-3-4-11)9-13(14,15)16/h5,8,11,17H,2-4,6-7,9H2,1H3. The van der Waals surface area contributed by atoms with Crippen molar-refractivity contribution in [2.24, 2.45) is 0 Å². The van der Waals surface area contributed by atoms with Crippen LogP contribution in [0.25, 0.3) is 0 Å². The maximum absolute atomic E-state index is 12.5. The number of nitrogens with zero attached hydrogens (tertiary/aromatic N) is 1. The van der Waals surface area contributed by atoms with E-state index in [0.717, 1.165) is 24.9 Å². The van der Waals surface area contributed by atoms with Crippen LogP contribution < -0.4 is 5.32 Å². The van der Waals surface area contributed by atoms with Crippen LogP contribution in [0.3, 0.4) is 0 Å². The van der Waals surface area contributed by atoms with Gasteiger partial charge in [0.25, 0.3) is 0 Å². The van der Waals surface area contributed by atoms with E-state index in [0.29, 0.717) is 12.3 Å². The summed E-state index contributed by atoms with van der Waals surface area (Å²) in [6.07, 6.45) is -0.847. The molecule has 1 aromatic heterocycles. The van der Waals surface area contributed by atoms with E-state index in [2.05, 4.69) is 5.32 Å². The first-order valence-corrected chi connectivity index (χ1v) is 6.55. The van der Waals surface area contributed by atoms with Gasteiger partial charge >= 0.3 is 6.18 Å². The van der Waals surface area contributed by atoms with Crippen molar-refractivity contribution < 1.29 is 17.6 Å². The summed E-state index contributed by atoms with van der Waals surface area (Å²) < 4.78 is 42.8. The van der Waals surface area contributed by atoms with Gasteiger partial charge in [-0.05, 0) is 25.5 Å². The average Bonchev–Trinajstić information content (AvgIpc) is 3.07. The maximum atomic E-state index is 12.5. The number of alkyl halides is 3. The number of furan rings is 1. The van der Waals surface area contributed by atoms with E-state index < -0.39 is 12.7 Å². The SMILES string of the molecule is CCNCc1coc(CN(CC(F)(F)F)C2CC2)c1. The molecule has 1 heterocycles. The van der Waals surface area contributed by atoms with Crippen LogP contribution >= 0.6 is 0 Å². The van der Waals surface area contributed by atoms with Crippen LogP contribution in [0.5, 0.6) is 0 Å². The van der Waals surface area contributed by atoms with Crippen LogP contribution in [-0.4, -0.2) is 30.2 Å². The van der Waals surface area contributed by atoms with Crippen LogP contribution in [0.2, 0.25) is 0 Å². The molecular weight excluding hydrogens is 257 g/mol. The molecule has 0 bridgehead atoms. The van der Waals surface area contributed by atoms with Gasteiger partial charge in [0.2, 0.25) is 0 Å². The largest absolute Gasteiger partial charge is 0.468 e. The molecule has 0 aliphatic heterocycles. The fourth-order valence-electron chi connectivity index (χ4n) is 2.06. The summed E-state index contributed by atoms with van der Waals surface area (Å²) in [5.41, 5.74) is 0.972. The highest BCUT2D eigenvalue weighted by atomic mass is 19.4. The van der Waals surface area contributed by atoms with Crippen LogP contribution in [0.1, 0.15) is 31.1 Å². The smallest absolute Gasteiger partial charge is 0.401 e. The molecule has 1 aliphatic rings. The Kier molecular flexibility index (Phi) is 4.52. The summed E-state index contributed by atoms with van der Waals surface area (Å²) in [5, 5.41) is 3.15. The number of hydrogen-bond acceptors (Lipinski definition) is 3. The Balaban J connectivity index is 1.91. The monoisotopic (exact) mass is 276 g/mol. The van der Waals surface area contributed by atoms with Crippen molar-refractivity contribution in [3.63, 3.8) is 0 Å². The van der Waals surface area contributed by atoms with E-state index in [9.17, 15) is 13.2 Å². The first kappa shape index (κ1) is 14.4. The van der Waals surface area contributed by atoms with E-state index in [-0.39, 0.29) is 12.6 Å². The predicted molar refractivity (Wildman–Crippen MR) is 65.6 cm³/mol. The van der Waals surface area contributed by atoms with E-state index in [1.807, 2.05) is 13.0 Å². The lowest BCUT2D eigenvalue weighted by Crippen LogP contribution is -2.35. The Bertz CT molecular complexity index is 399. The van der Waals surface area contributed by atoms with Gasteiger partial charge in [0, 0.05) is 18.2 Å². The molecule has 0 saturated heterocycles. The highest BCUT2D eigenvalue weighted by Crippen LogP contribution is 2.31. The summed E-state index contributed by atoms with van der Waals surface area (Å²) in [6.45, 7) is 2.90. The van der Waals surface area contributed by atoms with Crippen LogP contribution in [-0.2, 0) is 13.1 Å². The molecule has 108 valence electrons. The molecule has 0 spiro atoms. The molecule has 0 unspecified atom stereocenters. The lowest BCUT2D eigenvalue weighted by Gasteiger charge is -2.22. The molecular formula is C13H19F3N2O. The van der Waals surface area contributed by atoms with Gasteiger partial charge in [-0.15, -0.1) is 0 Å². The van der Waals surface area contributed by atoms with Crippen molar-refractivity contribution in [3.05, 3.63) is 23.7 Å². The number of hydrogen-bond donors (Lipinski definition) is 1. The average molecular weight is 276 g/mol. The van der Waals surface area contributed by atoms with Gasteiger partial charge in [-0.25, -0.2) is 0 Å². The number of rotatable bonds is 7. The van der Waals surface area contributed by atoms with Crippen molar-refractivity contribution in [2.45, 2.75) is 45.1 Å². The predicted octanol–water partition coefficient (Wildman–Crippen LogP) is 2.92. The van der Waals surface area contributed by atoms with Crippen molar-refractivity contribution in [2.75, 3.05) is 13.1 Å². The molecule has 1 saturated carbocycles. The third-order valence-electron chi connectivity index (χ3n) is 3.09. The van der Waals surface area contributed by atoms with Gasteiger partial charge in [-0.2, -0.15) is 13.2 Å². The number of nitrogens with one attached hydrogen (secondary N) is 1. The van der Waals surface area contributed by atoms with Crippen molar-refractivity contribution >= 4 is 0 Å². The zero-order chi connectivity index (χ0) is 13.9. The lowest BCUT2D eigenvalue weighted by atomic mass is 10.3. The summed E-state index contributed by atoms with van der Waals surface area (Å²) in [6, 6.07) is 1.89. The van der Waals surface area contributed by atoms with Gasteiger partial charge in [-0.3, -0.25) is 4.90 Å². The maximum Gasteiger partial charge on any atom is 0.401 e. The van der Waals surface area contributed by atoms with Crippen LogP contribution in [0.4, 0.5) is 13.2 Å². The first-order valence-electron chi connectivity index (χ1n) is 6.55. The zero-order valence-electron chi connectivity index (χ0n) is 11.0. The molecule has 0 atom stereocenters. The summed E-state index contributed by atoms with van der Waals surface area (Å²) >= 11 is 0. The minimum Gasteiger partial charge on any atom is -0.468 e. The third kappa shape index (κ3) is 4.87. The molecule has 19 heavy (non-hydrogen) atoms. The second-order valence-corrected chi connectivity index (χ2v) is 4.95. The first-order chi connectivity index (χ1) is 8.98. The topological polar surface area (TPSA) is 28.4 Å². The van der Waals surface area contributed by atoms with Gasteiger partial charge in [0.05, 0.1) is 19.4 Å². The van der Waals surface area contributed by atoms with Crippen molar-refractivity contribution in [1.29, 1.82) is 0 Å². The molecule has 0 amide bonds. The minimum absolute atomic E-state index is 0.0592. The third-order valence-corrected chi connectivity index (χ3v) is 3.09. The highest BCUT2D eigenvalue weighted by Gasteiger charge is 2.38. The van der Waals surface area contributed by atoms with Gasteiger partial charge in [0.15, 0.2) is 0 Å². The molecule has 3 nitrogen and oxygen atoms in total. The highest BCUT2D eigenvalue weighted by molar-refractivity contribution is 5.13. The van der Waals surface area contributed by atoms with E-state index in [1.54, 1.807) is 6.26 Å². The van der Waals surface area contributed by atoms with Crippen LogP contribution in [0.15, 0.2) is 16.7 Å². The number of halogens is 3.